The van der Waals surface area contributed by atoms with Gasteiger partial charge in [-0.05, 0) is 48.8 Å². The molecule has 2 atom stereocenters. The predicted molar refractivity (Wildman–Crippen MR) is 84.5 cm³/mol. The van der Waals surface area contributed by atoms with Crippen molar-refractivity contribution in [1.29, 1.82) is 0 Å². The summed E-state index contributed by atoms with van der Waals surface area (Å²) in [6.07, 6.45) is 3.96. The van der Waals surface area contributed by atoms with Gasteiger partial charge in [-0.3, -0.25) is 0 Å². The zero-order valence-corrected chi connectivity index (χ0v) is 12.0. The standard InChI is InChI=1S/C20H20/c1-15-12-13-18-14-20(18,17-10-6-3-7-11-17)19(15)16-8-4-2-5-9-16/h2-11,18H,12-14H2,1H3. The van der Waals surface area contributed by atoms with Gasteiger partial charge in [-0.25, -0.2) is 0 Å². The van der Waals surface area contributed by atoms with E-state index in [0.29, 0.717) is 5.41 Å². The van der Waals surface area contributed by atoms with Crippen LogP contribution in [0, 0.1) is 5.92 Å². The average molecular weight is 260 g/mol. The Balaban J connectivity index is 1.90. The second-order valence-corrected chi connectivity index (χ2v) is 6.30. The summed E-state index contributed by atoms with van der Waals surface area (Å²) in [5.41, 5.74) is 6.46. The number of rotatable bonds is 2. The van der Waals surface area contributed by atoms with Crippen LogP contribution in [0.3, 0.4) is 0 Å². The summed E-state index contributed by atoms with van der Waals surface area (Å²) in [4.78, 5) is 0. The molecule has 20 heavy (non-hydrogen) atoms. The highest BCUT2D eigenvalue weighted by molar-refractivity contribution is 5.82. The van der Waals surface area contributed by atoms with Gasteiger partial charge in [0, 0.05) is 5.41 Å². The Bertz CT molecular complexity index is 651. The van der Waals surface area contributed by atoms with E-state index in [2.05, 4.69) is 67.6 Å². The molecule has 0 nitrogen and oxygen atoms in total. The summed E-state index contributed by atoms with van der Waals surface area (Å²) in [6.45, 7) is 2.33. The lowest BCUT2D eigenvalue weighted by molar-refractivity contribution is 0.626. The minimum absolute atomic E-state index is 0.310. The van der Waals surface area contributed by atoms with Crippen molar-refractivity contribution in [1.82, 2.24) is 0 Å². The second kappa shape index (κ2) is 4.34. The molecule has 0 bridgehead atoms. The maximum Gasteiger partial charge on any atom is 0.0240 e. The Morgan fingerprint density at radius 1 is 0.900 bits per heavy atom. The largest absolute Gasteiger partial charge is 0.0686 e. The summed E-state index contributed by atoms with van der Waals surface area (Å²) in [5.74, 6) is 0.851. The Morgan fingerprint density at radius 2 is 1.55 bits per heavy atom. The molecule has 0 saturated heterocycles. The number of benzene rings is 2. The van der Waals surface area contributed by atoms with Crippen molar-refractivity contribution in [3.05, 3.63) is 77.4 Å². The van der Waals surface area contributed by atoms with E-state index in [1.54, 1.807) is 11.1 Å². The molecule has 0 radical (unpaired) electrons. The third kappa shape index (κ3) is 1.61. The van der Waals surface area contributed by atoms with E-state index >= 15 is 0 Å². The van der Waals surface area contributed by atoms with Gasteiger partial charge in [-0.2, -0.15) is 0 Å². The molecule has 4 rings (SSSR count). The summed E-state index contributed by atoms with van der Waals surface area (Å²) in [7, 11) is 0. The van der Waals surface area contributed by atoms with E-state index in [1.807, 2.05) is 0 Å². The van der Waals surface area contributed by atoms with Crippen molar-refractivity contribution in [2.75, 3.05) is 0 Å². The van der Waals surface area contributed by atoms with Gasteiger partial charge in [0.25, 0.3) is 0 Å². The van der Waals surface area contributed by atoms with Crippen LogP contribution in [0.4, 0.5) is 0 Å². The second-order valence-electron chi connectivity index (χ2n) is 6.30. The topological polar surface area (TPSA) is 0 Å². The molecular formula is C20H20. The van der Waals surface area contributed by atoms with Gasteiger partial charge < -0.3 is 0 Å². The maximum absolute atomic E-state index is 2.33. The van der Waals surface area contributed by atoms with Crippen molar-refractivity contribution < 1.29 is 0 Å². The van der Waals surface area contributed by atoms with Crippen molar-refractivity contribution >= 4 is 5.57 Å². The van der Waals surface area contributed by atoms with E-state index in [4.69, 9.17) is 0 Å². The van der Waals surface area contributed by atoms with E-state index in [-0.39, 0.29) is 0 Å². The van der Waals surface area contributed by atoms with E-state index in [0.717, 1.165) is 5.92 Å². The molecule has 2 unspecified atom stereocenters. The van der Waals surface area contributed by atoms with Crippen LogP contribution < -0.4 is 0 Å². The number of fused-ring (bicyclic) bond motifs is 1. The molecule has 2 aromatic carbocycles. The molecule has 0 heteroatoms. The normalized spacial score (nSPS) is 28.1. The predicted octanol–water partition coefficient (Wildman–Crippen LogP) is 5.21. The van der Waals surface area contributed by atoms with Gasteiger partial charge in [-0.15, -0.1) is 0 Å². The number of hydrogen-bond acceptors (Lipinski definition) is 0. The Morgan fingerprint density at radius 3 is 2.25 bits per heavy atom. The molecule has 0 amide bonds. The lowest BCUT2D eigenvalue weighted by Crippen LogP contribution is -2.18. The van der Waals surface area contributed by atoms with E-state index < -0.39 is 0 Å². The van der Waals surface area contributed by atoms with Crippen LogP contribution in [0.2, 0.25) is 0 Å². The lowest BCUT2D eigenvalue weighted by Gasteiger charge is -2.29. The first kappa shape index (κ1) is 12.0. The fraction of sp³-hybridized carbons (Fsp3) is 0.300. The molecule has 2 aliphatic carbocycles. The highest BCUT2D eigenvalue weighted by Gasteiger charge is 2.59. The van der Waals surface area contributed by atoms with Crippen LogP contribution in [0.25, 0.3) is 5.57 Å². The van der Waals surface area contributed by atoms with Crippen molar-refractivity contribution in [2.45, 2.75) is 31.6 Å². The van der Waals surface area contributed by atoms with Crippen molar-refractivity contribution in [2.24, 2.45) is 5.92 Å². The first-order chi connectivity index (χ1) is 9.82. The fourth-order valence-corrected chi connectivity index (χ4v) is 4.22. The molecule has 1 saturated carbocycles. The van der Waals surface area contributed by atoms with Crippen LogP contribution >= 0.6 is 0 Å². The first-order valence-corrected chi connectivity index (χ1v) is 7.63. The zero-order chi connectivity index (χ0) is 13.6. The van der Waals surface area contributed by atoms with Gasteiger partial charge in [0.1, 0.15) is 0 Å². The molecular weight excluding hydrogens is 240 g/mol. The Labute approximate surface area is 121 Å². The third-order valence-corrected chi connectivity index (χ3v) is 5.20. The van der Waals surface area contributed by atoms with Crippen molar-refractivity contribution in [3.63, 3.8) is 0 Å². The molecule has 100 valence electrons. The molecule has 2 aromatic rings. The SMILES string of the molecule is CC1=C(c2ccccc2)C2(c3ccccc3)CC2CC1. The molecule has 0 N–H and O–H groups in total. The zero-order valence-electron chi connectivity index (χ0n) is 12.0. The van der Waals surface area contributed by atoms with Crippen LogP contribution in [0.5, 0.6) is 0 Å². The summed E-state index contributed by atoms with van der Waals surface area (Å²) in [6, 6.07) is 22.1. The van der Waals surface area contributed by atoms with Gasteiger partial charge in [0.2, 0.25) is 0 Å². The highest BCUT2D eigenvalue weighted by atomic mass is 14.6. The van der Waals surface area contributed by atoms with E-state index in [9.17, 15) is 0 Å². The summed E-state index contributed by atoms with van der Waals surface area (Å²) >= 11 is 0. The minimum atomic E-state index is 0.310. The van der Waals surface area contributed by atoms with E-state index in [1.165, 1.54) is 30.4 Å². The molecule has 1 fully saturated rings. The van der Waals surface area contributed by atoms with Crippen LogP contribution in [0.15, 0.2) is 66.2 Å². The van der Waals surface area contributed by atoms with Crippen LogP contribution in [-0.2, 0) is 5.41 Å². The van der Waals surface area contributed by atoms with Crippen molar-refractivity contribution in [3.8, 4) is 0 Å². The number of hydrogen-bond donors (Lipinski definition) is 0. The average Bonchev–Trinajstić information content (AvgIpc) is 3.24. The molecule has 2 aliphatic rings. The smallest absolute Gasteiger partial charge is 0.0240 e. The molecule has 0 aromatic heterocycles. The molecule has 0 spiro atoms. The van der Waals surface area contributed by atoms with Gasteiger partial charge in [-0.1, -0.05) is 66.2 Å². The maximum atomic E-state index is 2.33. The first-order valence-electron chi connectivity index (χ1n) is 7.63. The fourth-order valence-electron chi connectivity index (χ4n) is 4.22. The Kier molecular flexibility index (Phi) is 2.60. The van der Waals surface area contributed by atoms with Crippen LogP contribution in [-0.4, -0.2) is 0 Å². The lowest BCUT2D eigenvalue weighted by atomic mass is 9.75. The Hall–Kier alpha value is -1.82. The van der Waals surface area contributed by atoms with Gasteiger partial charge in [0.05, 0.1) is 0 Å². The molecule has 0 heterocycles. The third-order valence-electron chi connectivity index (χ3n) is 5.20. The number of allylic oxidation sites excluding steroid dienone is 2. The van der Waals surface area contributed by atoms with Gasteiger partial charge >= 0.3 is 0 Å². The highest BCUT2D eigenvalue weighted by Crippen LogP contribution is 2.67. The summed E-state index contributed by atoms with van der Waals surface area (Å²) < 4.78 is 0. The monoisotopic (exact) mass is 260 g/mol. The van der Waals surface area contributed by atoms with Crippen LogP contribution in [0.1, 0.15) is 37.3 Å². The molecule has 0 aliphatic heterocycles. The summed E-state index contributed by atoms with van der Waals surface area (Å²) in [5, 5.41) is 0. The minimum Gasteiger partial charge on any atom is -0.0686 e. The quantitative estimate of drug-likeness (QED) is 0.695. The van der Waals surface area contributed by atoms with Gasteiger partial charge in [0.15, 0.2) is 0 Å².